The second-order valence-electron chi connectivity index (χ2n) is 2.25. The highest BCUT2D eigenvalue weighted by atomic mass is 16.3. The van der Waals surface area contributed by atoms with Crippen LogP contribution in [0.3, 0.4) is 0 Å². The Bertz CT molecular complexity index is 159. The molecule has 0 fully saturated rings. The molecular weight excluding hydrogens is 128 g/mol. The van der Waals surface area contributed by atoms with Gasteiger partial charge in [-0.2, -0.15) is 0 Å². The molecule has 1 rings (SSSR count). The average molecular weight is 139 g/mol. The molecule has 0 bridgehead atoms. The van der Waals surface area contributed by atoms with Gasteiger partial charge in [-0.05, 0) is 5.57 Å². The van der Waals surface area contributed by atoms with E-state index in [9.17, 15) is 5.11 Å². The van der Waals surface area contributed by atoms with Crippen molar-refractivity contribution in [2.75, 3.05) is 6.61 Å². The summed E-state index contributed by atoms with van der Waals surface area (Å²) in [6.45, 7) is 0.0341. The van der Waals surface area contributed by atoms with Crippen molar-refractivity contribution in [2.24, 2.45) is 0 Å². The van der Waals surface area contributed by atoms with Crippen molar-refractivity contribution in [3.63, 3.8) is 0 Å². The Morgan fingerprint density at radius 1 is 1.50 bits per heavy atom. The minimum atomic E-state index is -0.500. The molecule has 0 aliphatic heterocycles. The van der Waals surface area contributed by atoms with Gasteiger partial charge in [-0.25, -0.2) is 0 Å². The SMILES string of the molecule is OCCC(O)C1=C[CH]C=C1. The topological polar surface area (TPSA) is 40.5 Å². The van der Waals surface area contributed by atoms with E-state index in [1.165, 1.54) is 0 Å². The Kier molecular flexibility index (Phi) is 2.66. The van der Waals surface area contributed by atoms with Crippen LogP contribution in [0.1, 0.15) is 6.42 Å². The Labute approximate surface area is 60.5 Å². The summed E-state index contributed by atoms with van der Waals surface area (Å²) < 4.78 is 0. The highest BCUT2D eigenvalue weighted by Crippen LogP contribution is 2.13. The van der Waals surface area contributed by atoms with Crippen molar-refractivity contribution in [3.05, 3.63) is 30.2 Å². The van der Waals surface area contributed by atoms with Crippen molar-refractivity contribution in [2.45, 2.75) is 12.5 Å². The van der Waals surface area contributed by atoms with E-state index < -0.39 is 6.10 Å². The van der Waals surface area contributed by atoms with Crippen LogP contribution in [-0.4, -0.2) is 22.9 Å². The summed E-state index contributed by atoms with van der Waals surface area (Å²) in [6.07, 6.45) is 7.36. The maximum atomic E-state index is 9.25. The molecule has 1 radical (unpaired) electrons. The summed E-state index contributed by atoms with van der Waals surface area (Å²) in [4.78, 5) is 0. The van der Waals surface area contributed by atoms with Crippen LogP contribution in [0, 0.1) is 6.42 Å². The molecule has 0 aromatic carbocycles. The summed E-state index contributed by atoms with van der Waals surface area (Å²) in [5, 5.41) is 17.7. The third kappa shape index (κ3) is 1.69. The van der Waals surface area contributed by atoms with Crippen molar-refractivity contribution in [1.82, 2.24) is 0 Å². The molecule has 2 N–H and O–H groups in total. The van der Waals surface area contributed by atoms with Crippen LogP contribution in [0.25, 0.3) is 0 Å². The number of hydrogen-bond acceptors (Lipinski definition) is 2. The lowest BCUT2D eigenvalue weighted by molar-refractivity contribution is 0.164. The van der Waals surface area contributed by atoms with Gasteiger partial charge < -0.3 is 10.2 Å². The van der Waals surface area contributed by atoms with E-state index in [4.69, 9.17) is 5.11 Å². The molecule has 55 valence electrons. The molecular formula is C8H11O2. The average Bonchev–Trinajstić information content (AvgIpc) is 2.38. The summed E-state index contributed by atoms with van der Waals surface area (Å²) >= 11 is 0. The van der Waals surface area contributed by atoms with Gasteiger partial charge in [0.05, 0.1) is 6.10 Å². The highest BCUT2D eigenvalue weighted by molar-refractivity contribution is 5.36. The zero-order chi connectivity index (χ0) is 7.40. The first kappa shape index (κ1) is 7.51. The van der Waals surface area contributed by atoms with Crippen LogP contribution in [0.5, 0.6) is 0 Å². The molecule has 2 heteroatoms. The minimum absolute atomic E-state index is 0.0341. The zero-order valence-electron chi connectivity index (χ0n) is 5.70. The van der Waals surface area contributed by atoms with E-state index >= 15 is 0 Å². The number of aliphatic hydroxyl groups is 2. The van der Waals surface area contributed by atoms with Crippen LogP contribution < -0.4 is 0 Å². The molecule has 0 aromatic heterocycles. The zero-order valence-corrected chi connectivity index (χ0v) is 5.70. The molecule has 1 aliphatic carbocycles. The fourth-order valence-corrected chi connectivity index (χ4v) is 0.900. The van der Waals surface area contributed by atoms with Crippen molar-refractivity contribution in [1.29, 1.82) is 0 Å². The molecule has 0 aromatic rings. The molecule has 2 nitrogen and oxygen atoms in total. The number of rotatable bonds is 3. The summed E-state index contributed by atoms with van der Waals surface area (Å²) in [5.41, 5.74) is 0.883. The Hall–Kier alpha value is -0.600. The lowest BCUT2D eigenvalue weighted by Crippen LogP contribution is -2.09. The van der Waals surface area contributed by atoms with E-state index in [-0.39, 0.29) is 6.61 Å². The van der Waals surface area contributed by atoms with Crippen LogP contribution in [0.4, 0.5) is 0 Å². The standard InChI is InChI=1S/C8H11O2/c9-6-5-8(10)7-3-1-2-4-7/h1-4,8-10H,5-6H2. The molecule has 1 aliphatic rings. The first-order valence-corrected chi connectivity index (χ1v) is 3.35. The van der Waals surface area contributed by atoms with Gasteiger partial charge in [0.15, 0.2) is 0 Å². The van der Waals surface area contributed by atoms with Crippen LogP contribution in [0.2, 0.25) is 0 Å². The van der Waals surface area contributed by atoms with Gasteiger partial charge in [0.2, 0.25) is 0 Å². The first-order chi connectivity index (χ1) is 4.84. The van der Waals surface area contributed by atoms with Crippen LogP contribution >= 0.6 is 0 Å². The predicted molar refractivity (Wildman–Crippen MR) is 39.2 cm³/mol. The van der Waals surface area contributed by atoms with Gasteiger partial charge in [-0.1, -0.05) is 18.2 Å². The number of hydrogen-bond donors (Lipinski definition) is 2. The molecule has 1 atom stereocenters. The molecule has 0 amide bonds. The summed E-state index contributed by atoms with van der Waals surface area (Å²) in [6, 6.07) is 0. The number of aliphatic hydroxyl groups excluding tert-OH is 2. The molecule has 0 spiro atoms. The lowest BCUT2D eigenvalue weighted by Gasteiger charge is -2.06. The van der Waals surface area contributed by atoms with Crippen molar-refractivity contribution < 1.29 is 10.2 Å². The largest absolute Gasteiger partial charge is 0.396 e. The first-order valence-electron chi connectivity index (χ1n) is 3.35. The normalized spacial score (nSPS) is 19.2. The Morgan fingerprint density at radius 3 is 2.80 bits per heavy atom. The van der Waals surface area contributed by atoms with Gasteiger partial charge in [0, 0.05) is 19.4 Å². The Morgan fingerprint density at radius 2 is 2.30 bits per heavy atom. The minimum Gasteiger partial charge on any atom is -0.396 e. The van der Waals surface area contributed by atoms with Gasteiger partial charge in [0.25, 0.3) is 0 Å². The highest BCUT2D eigenvalue weighted by Gasteiger charge is 2.08. The third-order valence-electron chi connectivity index (χ3n) is 1.48. The maximum Gasteiger partial charge on any atom is 0.0808 e. The smallest absolute Gasteiger partial charge is 0.0808 e. The van der Waals surface area contributed by atoms with Crippen molar-refractivity contribution >= 4 is 0 Å². The van der Waals surface area contributed by atoms with Crippen LogP contribution in [0.15, 0.2) is 23.8 Å². The van der Waals surface area contributed by atoms with Crippen molar-refractivity contribution in [3.8, 4) is 0 Å². The summed E-state index contributed by atoms with van der Waals surface area (Å²) in [5.74, 6) is 0. The maximum absolute atomic E-state index is 9.25. The fourth-order valence-electron chi connectivity index (χ4n) is 0.900. The van der Waals surface area contributed by atoms with Gasteiger partial charge in [-0.3, -0.25) is 0 Å². The van der Waals surface area contributed by atoms with E-state index in [1.54, 1.807) is 0 Å². The van der Waals surface area contributed by atoms with E-state index in [0.29, 0.717) is 6.42 Å². The fraction of sp³-hybridized carbons (Fsp3) is 0.375. The predicted octanol–water partition coefficient (Wildman–Crippen LogP) is 0.430. The second-order valence-corrected chi connectivity index (χ2v) is 2.25. The Balaban J connectivity index is 2.40. The van der Waals surface area contributed by atoms with Gasteiger partial charge >= 0.3 is 0 Å². The summed E-state index contributed by atoms with van der Waals surface area (Å²) in [7, 11) is 0. The van der Waals surface area contributed by atoms with E-state index in [2.05, 4.69) is 0 Å². The van der Waals surface area contributed by atoms with E-state index in [0.717, 1.165) is 5.57 Å². The van der Waals surface area contributed by atoms with Gasteiger partial charge in [0.1, 0.15) is 0 Å². The van der Waals surface area contributed by atoms with E-state index in [1.807, 2.05) is 24.6 Å². The lowest BCUT2D eigenvalue weighted by atomic mass is 10.1. The third-order valence-corrected chi connectivity index (χ3v) is 1.48. The monoisotopic (exact) mass is 139 g/mol. The molecule has 10 heavy (non-hydrogen) atoms. The quantitative estimate of drug-likeness (QED) is 0.595. The number of allylic oxidation sites excluding steroid dienone is 2. The molecule has 0 saturated carbocycles. The van der Waals surface area contributed by atoms with Crippen LogP contribution in [-0.2, 0) is 0 Å². The second kappa shape index (κ2) is 3.54. The molecule has 1 unspecified atom stereocenters. The van der Waals surface area contributed by atoms with Gasteiger partial charge in [-0.15, -0.1) is 0 Å². The molecule has 0 saturated heterocycles. The molecule has 0 heterocycles.